The van der Waals surface area contributed by atoms with E-state index in [1.54, 1.807) is 24.3 Å². The number of likely N-dealkylation sites (tertiary alicyclic amines) is 1. The smallest absolute Gasteiger partial charge is 0.295 e. The average molecular weight is 495 g/mol. The van der Waals surface area contributed by atoms with Crippen molar-refractivity contribution in [2.75, 3.05) is 33.8 Å². The van der Waals surface area contributed by atoms with Gasteiger partial charge >= 0.3 is 0 Å². The van der Waals surface area contributed by atoms with Crippen LogP contribution in [0.5, 0.6) is 11.5 Å². The summed E-state index contributed by atoms with van der Waals surface area (Å²) in [6, 6.07) is 13.6. The summed E-state index contributed by atoms with van der Waals surface area (Å²) < 4.78 is 11.5. The summed E-state index contributed by atoms with van der Waals surface area (Å²) in [5, 5.41) is 11.2. The van der Waals surface area contributed by atoms with Crippen LogP contribution in [-0.4, -0.2) is 66.5 Å². The van der Waals surface area contributed by atoms with Gasteiger partial charge in [0, 0.05) is 18.7 Å². The fraction of sp³-hybridized carbons (Fsp3) is 0.448. The molecule has 2 aromatic carbocycles. The summed E-state index contributed by atoms with van der Waals surface area (Å²) in [6.07, 6.45) is 3.24. The number of aliphatic hydroxyl groups is 1. The Morgan fingerprint density at radius 2 is 1.64 bits per heavy atom. The number of rotatable bonds is 12. The summed E-state index contributed by atoms with van der Waals surface area (Å²) in [6.45, 7) is 7.61. The number of hydrogen-bond donors (Lipinski definition) is 1. The first kappa shape index (κ1) is 27.3. The number of Topliss-reactive ketones (excluding diaryl/α,β-unsaturated/α-hetero) is 1. The molecule has 1 aliphatic heterocycles. The Hall–Kier alpha value is -3.32. The van der Waals surface area contributed by atoms with Crippen LogP contribution >= 0.6 is 0 Å². The number of nitrogens with zero attached hydrogens (tertiary/aromatic N) is 2. The number of aliphatic hydroxyl groups excluding tert-OH is 1. The van der Waals surface area contributed by atoms with E-state index < -0.39 is 17.7 Å². The third kappa shape index (κ3) is 6.66. The molecule has 0 radical (unpaired) electrons. The van der Waals surface area contributed by atoms with Crippen molar-refractivity contribution in [3.63, 3.8) is 0 Å². The second-order valence-electron chi connectivity index (χ2n) is 9.61. The molecular formula is C29H38N2O5. The van der Waals surface area contributed by atoms with E-state index in [4.69, 9.17) is 9.47 Å². The molecule has 0 aromatic heterocycles. The van der Waals surface area contributed by atoms with Crippen molar-refractivity contribution in [3.8, 4) is 11.5 Å². The highest BCUT2D eigenvalue weighted by Crippen LogP contribution is 2.40. The van der Waals surface area contributed by atoms with Gasteiger partial charge in [0.05, 0.1) is 24.3 Å². The zero-order valence-electron chi connectivity index (χ0n) is 22.0. The molecule has 0 saturated carbocycles. The first-order valence-corrected chi connectivity index (χ1v) is 12.7. The monoisotopic (exact) mass is 494 g/mol. The van der Waals surface area contributed by atoms with Gasteiger partial charge in [-0.3, -0.25) is 9.59 Å². The zero-order chi connectivity index (χ0) is 26.2. The van der Waals surface area contributed by atoms with Gasteiger partial charge in [0.15, 0.2) is 0 Å². The lowest BCUT2D eigenvalue weighted by atomic mass is 9.95. The Kier molecular flexibility index (Phi) is 9.53. The van der Waals surface area contributed by atoms with Crippen molar-refractivity contribution >= 4 is 17.4 Å². The van der Waals surface area contributed by atoms with Crippen LogP contribution in [0.15, 0.2) is 54.1 Å². The second-order valence-corrected chi connectivity index (χ2v) is 9.61. The molecule has 7 nitrogen and oxygen atoms in total. The van der Waals surface area contributed by atoms with E-state index in [1.807, 2.05) is 57.1 Å². The molecule has 1 N–H and O–H groups in total. The molecule has 3 rings (SSSR count). The lowest BCUT2D eigenvalue weighted by molar-refractivity contribution is -0.140. The maximum atomic E-state index is 13.2. The van der Waals surface area contributed by atoms with Gasteiger partial charge in [-0.15, -0.1) is 0 Å². The number of carbonyl (C=O) groups excluding carboxylic acids is 2. The van der Waals surface area contributed by atoms with Crippen LogP contribution in [0.3, 0.4) is 0 Å². The molecule has 1 aliphatic rings. The van der Waals surface area contributed by atoms with Crippen LogP contribution in [0.1, 0.15) is 57.2 Å². The molecule has 1 amide bonds. The van der Waals surface area contributed by atoms with Crippen LogP contribution < -0.4 is 9.47 Å². The highest BCUT2D eigenvalue weighted by molar-refractivity contribution is 6.46. The number of likely N-dealkylation sites (N-methyl/N-ethyl adjacent to an activating group) is 1. The van der Waals surface area contributed by atoms with E-state index in [1.165, 1.54) is 4.90 Å². The number of hydrogen-bond acceptors (Lipinski definition) is 6. The largest absolute Gasteiger partial charge is 0.507 e. The molecule has 0 bridgehead atoms. The van der Waals surface area contributed by atoms with E-state index in [0.717, 1.165) is 24.8 Å². The van der Waals surface area contributed by atoms with Crippen LogP contribution in [0.4, 0.5) is 0 Å². The first-order chi connectivity index (χ1) is 17.2. The van der Waals surface area contributed by atoms with Gasteiger partial charge in [-0.25, -0.2) is 0 Å². The molecule has 1 unspecified atom stereocenters. The molecule has 0 aliphatic carbocycles. The minimum Gasteiger partial charge on any atom is -0.507 e. The fourth-order valence-corrected chi connectivity index (χ4v) is 4.17. The van der Waals surface area contributed by atoms with Gasteiger partial charge in [-0.2, -0.15) is 0 Å². The topological polar surface area (TPSA) is 79.3 Å². The van der Waals surface area contributed by atoms with Gasteiger partial charge in [0.25, 0.3) is 11.7 Å². The fourth-order valence-electron chi connectivity index (χ4n) is 4.17. The Balaban J connectivity index is 1.95. The van der Waals surface area contributed by atoms with Crippen molar-refractivity contribution in [2.24, 2.45) is 0 Å². The van der Waals surface area contributed by atoms with Crippen molar-refractivity contribution in [3.05, 3.63) is 65.2 Å². The maximum Gasteiger partial charge on any atom is 0.295 e. The Bertz CT molecular complexity index is 1060. The lowest BCUT2D eigenvalue weighted by Crippen LogP contribution is -2.35. The molecule has 1 fully saturated rings. The number of unbranched alkanes of at least 4 members (excludes halogenated alkanes) is 2. The Morgan fingerprint density at radius 1 is 1.00 bits per heavy atom. The summed E-state index contributed by atoms with van der Waals surface area (Å²) in [4.78, 5) is 29.7. The molecule has 1 heterocycles. The van der Waals surface area contributed by atoms with Gasteiger partial charge in [-0.1, -0.05) is 31.9 Å². The zero-order valence-corrected chi connectivity index (χ0v) is 22.0. The van der Waals surface area contributed by atoms with Crippen molar-refractivity contribution in [2.45, 2.75) is 52.2 Å². The van der Waals surface area contributed by atoms with Crippen molar-refractivity contribution < 1.29 is 24.2 Å². The normalized spacial score (nSPS) is 17.3. The maximum absolute atomic E-state index is 13.2. The molecule has 0 spiro atoms. The SMILES string of the molecule is CCCCCOc1ccc(/C(O)=C2/C(=O)C(=O)N(CCN(C)C)C2c2ccc(OC(C)C)cc2)cc1. The van der Waals surface area contributed by atoms with Gasteiger partial charge in [-0.05, 0) is 76.3 Å². The summed E-state index contributed by atoms with van der Waals surface area (Å²) >= 11 is 0. The highest BCUT2D eigenvalue weighted by atomic mass is 16.5. The quantitative estimate of drug-likeness (QED) is 0.193. The van der Waals surface area contributed by atoms with Crippen molar-refractivity contribution in [1.29, 1.82) is 0 Å². The lowest BCUT2D eigenvalue weighted by Gasteiger charge is -2.26. The van der Waals surface area contributed by atoms with E-state index in [2.05, 4.69) is 6.92 Å². The van der Waals surface area contributed by atoms with Crippen LogP contribution in [0.25, 0.3) is 5.76 Å². The Labute approximate surface area is 214 Å². The number of ketones is 1. The number of benzene rings is 2. The van der Waals surface area contributed by atoms with E-state index in [9.17, 15) is 14.7 Å². The number of ether oxygens (including phenoxy) is 2. The van der Waals surface area contributed by atoms with Crippen LogP contribution in [0, 0.1) is 0 Å². The standard InChI is InChI=1S/C29H38N2O5/c1-6-7-8-19-35-23-13-11-22(12-14-23)27(32)25-26(21-9-15-24(16-10-21)36-20(2)3)31(18-17-30(4)5)29(34)28(25)33/h9-16,20,26,32H,6-8,17-19H2,1-5H3/b27-25-. The predicted octanol–water partition coefficient (Wildman–Crippen LogP) is 5.03. The molecule has 194 valence electrons. The minimum absolute atomic E-state index is 0.0279. The minimum atomic E-state index is -0.692. The van der Waals surface area contributed by atoms with Crippen LogP contribution in [-0.2, 0) is 9.59 Å². The number of amides is 1. The summed E-state index contributed by atoms with van der Waals surface area (Å²) in [5.41, 5.74) is 1.29. The van der Waals surface area contributed by atoms with E-state index in [0.29, 0.717) is 36.8 Å². The van der Waals surface area contributed by atoms with E-state index >= 15 is 0 Å². The molecule has 7 heteroatoms. The Morgan fingerprint density at radius 3 is 2.22 bits per heavy atom. The van der Waals surface area contributed by atoms with Crippen molar-refractivity contribution in [1.82, 2.24) is 9.80 Å². The predicted molar refractivity (Wildman–Crippen MR) is 141 cm³/mol. The number of carbonyl (C=O) groups is 2. The first-order valence-electron chi connectivity index (χ1n) is 12.7. The van der Waals surface area contributed by atoms with Crippen LogP contribution in [0.2, 0.25) is 0 Å². The molecule has 1 atom stereocenters. The van der Waals surface area contributed by atoms with Gasteiger partial charge in [0.1, 0.15) is 17.3 Å². The highest BCUT2D eigenvalue weighted by Gasteiger charge is 2.45. The summed E-state index contributed by atoms with van der Waals surface area (Å²) in [5.74, 6) is -0.0777. The molecular weight excluding hydrogens is 456 g/mol. The van der Waals surface area contributed by atoms with Gasteiger partial charge < -0.3 is 24.4 Å². The van der Waals surface area contributed by atoms with Gasteiger partial charge in [0.2, 0.25) is 0 Å². The molecule has 1 saturated heterocycles. The third-order valence-electron chi connectivity index (χ3n) is 6.04. The summed E-state index contributed by atoms with van der Waals surface area (Å²) in [7, 11) is 3.82. The molecule has 36 heavy (non-hydrogen) atoms. The molecule has 2 aromatic rings. The third-order valence-corrected chi connectivity index (χ3v) is 6.04. The average Bonchev–Trinajstić information content (AvgIpc) is 3.10. The van der Waals surface area contributed by atoms with E-state index in [-0.39, 0.29) is 17.4 Å². The second kappa shape index (κ2) is 12.6.